The number of aliphatic hydroxyl groups excluding tert-OH is 1. The third kappa shape index (κ3) is 4.33. The summed E-state index contributed by atoms with van der Waals surface area (Å²) in [4.78, 5) is 23.1. The van der Waals surface area contributed by atoms with Crippen LogP contribution in [0.1, 0.15) is 32.6 Å². The average Bonchev–Trinajstić information content (AvgIpc) is 2.46. The number of nitrogens with zero attached hydrogens (tertiary/aromatic N) is 1. The molecule has 1 unspecified atom stereocenters. The van der Waals surface area contributed by atoms with Crippen molar-refractivity contribution in [3.63, 3.8) is 0 Å². The van der Waals surface area contributed by atoms with Crippen LogP contribution in [0.2, 0.25) is 0 Å². The topological polar surface area (TPSA) is 80.6 Å². The molecule has 1 heterocycles. The molecule has 1 aromatic heterocycles. The molecule has 1 aliphatic carbocycles. The number of aromatic nitrogens is 1. The van der Waals surface area contributed by atoms with E-state index in [1.54, 1.807) is 13.2 Å². The Kier molecular flexibility index (Phi) is 5.63. The van der Waals surface area contributed by atoms with Crippen molar-refractivity contribution in [2.45, 2.75) is 50.9 Å². The van der Waals surface area contributed by atoms with Crippen LogP contribution in [0.5, 0.6) is 5.75 Å². The summed E-state index contributed by atoms with van der Waals surface area (Å²) in [6.45, 7) is 1.46. The van der Waals surface area contributed by atoms with Crippen LogP contribution in [-0.2, 0) is 11.8 Å². The van der Waals surface area contributed by atoms with Gasteiger partial charge in [0.2, 0.25) is 5.91 Å². The van der Waals surface area contributed by atoms with Crippen molar-refractivity contribution >= 4 is 21.8 Å². The SMILES string of the molecule is CC(O)C(=O)NC1CCC(Oc2cc(=O)n(C)cc2Br)CC1. The third-order valence-corrected chi connectivity index (χ3v) is 4.43. The van der Waals surface area contributed by atoms with Crippen molar-refractivity contribution in [1.82, 2.24) is 9.88 Å². The second-order valence-electron chi connectivity index (χ2n) is 5.71. The van der Waals surface area contributed by atoms with E-state index >= 15 is 0 Å². The zero-order valence-corrected chi connectivity index (χ0v) is 14.3. The molecule has 0 spiro atoms. The molecule has 2 rings (SSSR count). The van der Waals surface area contributed by atoms with E-state index in [0.717, 1.165) is 30.2 Å². The lowest BCUT2D eigenvalue weighted by molar-refractivity contribution is -0.129. The first-order valence-electron chi connectivity index (χ1n) is 7.38. The number of carbonyl (C=O) groups excluding carboxylic acids is 1. The summed E-state index contributed by atoms with van der Waals surface area (Å²) < 4.78 is 8.14. The Balaban J connectivity index is 1.89. The minimum absolute atomic E-state index is 0.0307. The zero-order valence-electron chi connectivity index (χ0n) is 12.7. The molecule has 2 N–H and O–H groups in total. The Hall–Kier alpha value is -1.34. The lowest BCUT2D eigenvalue weighted by Gasteiger charge is -2.30. The molecule has 1 fully saturated rings. The lowest BCUT2D eigenvalue weighted by atomic mass is 9.92. The summed E-state index contributed by atoms with van der Waals surface area (Å²) in [5.41, 5.74) is -0.115. The van der Waals surface area contributed by atoms with Crippen molar-refractivity contribution in [3.05, 3.63) is 27.1 Å². The van der Waals surface area contributed by atoms with E-state index in [2.05, 4.69) is 21.2 Å². The van der Waals surface area contributed by atoms with Crippen molar-refractivity contribution in [2.75, 3.05) is 0 Å². The van der Waals surface area contributed by atoms with Crippen molar-refractivity contribution < 1.29 is 14.6 Å². The predicted octanol–water partition coefficient (Wildman–Crippen LogP) is 1.33. The highest BCUT2D eigenvalue weighted by Crippen LogP contribution is 2.28. The molecule has 1 atom stereocenters. The number of nitrogens with one attached hydrogen (secondary N) is 1. The number of hydrogen-bond donors (Lipinski definition) is 2. The standard InChI is InChI=1S/C15H21BrN2O4/c1-9(19)15(21)17-10-3-5-11(6-4-10)22-13-7-14(20)18(2)8-12(13)16/h7-11,19H,3-6H2,1-2H3,(H,17,21). The van der Waals surface area contributed by atoms with Crippen molar-refractivity contribution in [2.24, 2.45) is 7.05 Å². The van der Waals surface area contributed by atoms with Gasteiger partial charge in [0.05, 0.1) is 10.6 Å². The van der Waals surface area contributed by atoms with Gasteiger partial charge in [-0.15, -0.1) is 0 Å². The van der Waals surface area contributed by atoms with Gasteiger partial charge >= 0.3 is 0 Å². The van der Waals surface area contributed by atoms with E-state index in [4.69, 9.17) is 4.74 Å². The molecule has 7 heteroatoms. The van der Waals surface area contributed by atoms with Gasteiger partial charge in [0.15, 0.2) is 0 Å². The van der Waals surface area contributed by atoms with Crippen LogP contribution < -0.4 is 15.6 Å². The van der Waals surface area contributed by atoms with Crippen LogP contribution in [0.15, 0.2) is 21.5 Å². The normalized spacial score (nSPS) is 22.9. The molecule has 0 radical (unpaired) electrons. The lowest BCUT2D eigenvalue weighted by Crippen LogP contribution is -2.43. The molecular weight excluding hydrogens is 352 g/mol. The zero-order chi connectivity index (χ0) is 16.3. The van der Waals surface area contributed by atoms with Crippen molar-refractivity contribution in [3.8, 4) is 5.75 Å². The first-order chi connectivity index (χ1) is 10.4. The molecule has 122 valence electrons. The summed E-state index contributed by atoms with van der Waals surface area (Å²) in [6, 6.07) is 1.56. The Bertz CT molecular complexity index is 592. The predicted molar refractivity (Wildman–Crippen MR) is 85.9 cm³/mol. The van der Waals surface area contributed by atoms with E-state index in [1.807, 2.05) is 0 Å². The quantitative estimate of drug-likeness (QED) is 0.835. The van der Waals surface area contributed by atoms with E-state index in [9.17, 15) is 14.7 Å². The number of aryl methyl sites for hydroxylation is 1. The molecule has 1 aromatic rings. The van der Waals surface area contributed by atoms with E-state index in [0.29, 0.717) is 5.75 Å². The first-order valence-corrected chi connectivity index (χ1v) is 8.17. The number of hydrogen-bond acceptors (Lipinski definition) is 4. The summed E-state index contributed by atoms with van der Waals surface area (Å²) >= 11 is 3.40. The third-order valence-electron chi connectivity index (χ3n) is 3.84. The maximum atomic E-state index is 11.7. The molecule has 0 bridgehead atoms. The fraction of sp³-hybridized carbons (Fsp3) is 0.600. The Labute approximate surface area is 137 Å². The van der Waals surface area contributed by atoms with Gasteiger partial charge in [-0.25, -0.2) is 0 Å². The highest BCUT2D eigenvalue weighted by molar-refractivity contribution is 9.10. The number of amides is 1. The van der Waals surface area contributed by atoms with Gasteiger partial charge in [-0.3, -0.25) is 9.59 Å². The molecule has 0 aromatic carbocycles. The monoisotopic (exact) mass is 372 g/mol. The summed E-state index contributed by atoms with van der Waals surface area (Å²) in [6.07, 6.45) is 3.93. The number of carbonyl (C=O) groups is 1. The largest absolute Gasteiger partial charge is 0.489 e. The molecule has 6 nitrogen and oxygen atoms in total. The van der Waals surface area contributed by atoms with Crippen molar-refractivity contribution in [1.29, 1.82) is 0 Å². The maximum absolute atomic E-state index is 11.7. The summed E-state index contributed by atoms with van der Waals surface area (Å²) in [5, 5.41) is 12.0. The highest BCUT2D eigenvalue weighted by Gasteiger charge is 2.25. The average molecular weight is 373 g/mol. The van der Waals surface area contributed by atoms with E-state index < -0.39 is 6.10 Å². The molecule has 22 heavy (non-hydrogen) atoms. The number of aliphatic hydroxyl groups is 1. The molecule has 0 saturated heterocycles. The molecule has 1 saturated carbocycles. The minimum Gasteiger partial charge on any atom is -0.489 e. The van der Waals surface area contributed by atoms with Gasteiger partial charge in [0.25, 0.3) is 5.56 Å². The van der Waals surface area contributed by atoms with Gasteiger partial charge in [-0.2, -0.15) is 0 Å². The second-order valence-corrected chi connectivity index (χ2v) is 6.57. The van der Waals surface area contributed by atoms with Crippen LogP contribution in [0.4, 0.5) is 0 Å². The molecule has 1 aliphatic rings. The Morgan fingerprint density at radius 3 is 2.68 bits per heavy atom. The van der Waals surface area contributed by atoms with Gasteiger partial charge in [-0.1, -0.05) is 0 Å². The Morgan fingerprint density at radius 2 is 2.09 bits per heavy atom. The van der Waals surface area contributed by atoms with Crippen LogP contribution in [-0.4, -0.2) is 33.8 Å². The number of halogens is 1. The Morgan fingerprint density at radius 1 is 1.45 bits per heavy atom. The van der Waals surface area contributed by atoms with Crippen LogP contribution >= 0.6 is 15.9 Å². The second kappa shape index (κ2) is 7.28. The molecule has 0 aliphatic heterocycles. The van der Waals surface area contributed by atoms with Gasteiger partial charge in [0.1, 0.15) is 11.9 Å². The fourth-order valence-electron chi connectivity index (χ4n) is 2.50. The van der Waals surface area contributed by atoms with Gasteiger partial charge in [-0.05, 0) is 48.5 Å². The number of pyridine rings is 1. The van der Waals surface area contributed by atoms with Crippen LogP contribution in [0, 0.1) is 0 Å². The number of ether oxygens (including phenoxy) is 1. The number of rotatable bonds is 4. The van der Waals surface area contributed by atoms with Crippen LogP contribution in [0.3, 0.4) is 0 Å². The van der Waals surface area contributed by atoms with Crippen LogP contribution in [0.25, 0.3) is 0 Å². The fourth-order valence-corrected chi connectivity index (χ4v) is 3.01. The summed E-state index contributed by atoms with van der Waals surface area (Å²) in [7, 11) is 1.69. The molecular formula is C15H21BrN2O4. The summed E-state index contributed by atoms with van der Waals surface area (Å²) in [5.74, 6) is 0.221. The van der Waals surface area contributed by atoms with E-state index in [-0.39, 0.29) is 23.6 Å². The smallest absolute Gasteiger partial charge is 0.254 e. The van der Waals surface area contributed by atoms with Gasteiger partial charge < -0.3 is 19.7 Å². The van der Waals surface area contributed by atoms with E-state index in [1.165, 1.54) is 17.6 Å². The molecule has 1 amide bonds. The maximum Gasteiger partial charge on any atom is 0.254 e. The first kappa shape index (κ1) is 17.0. The van der Waals surface area contributed by atoms with Gasteiger partial charge in [0, 0.05) is 25.4 Å². The minimum atomic E-state index is -0.981. The highest BCUT2D eigenvalue weighted by atomic mass is 79.9.